The van der Waals surface area contributed by atoms with E-state index < -0.39 is 5.54 Å². The summed E-state index contributed by atoms with van der Waals surface area (Å²) in [6.45, 7) is 2.61. The van der Waals surface area contributed by atoms with Crippen LogP contribution in [-0.2, 0) is 23.2 Å². The standard InChI is InChI=1S/C27H32FN5O2/c1-27-15-22(18-11-13-19(28)14-12-18)33(23(27)9-5-6-10-25(34)31-27)17-26(35)29-16-24-30-20-7-3-4-8-21(20)32(24)2/h3-4,7-8,11-14,22-23H,5-6,9-10,15-17H2,1-2H3,(H,29,35)(H,31,34)/t22-,23-,27-/m0/s1. The number of amides is 2. The molecule has 2 aliphatic heterocycles. The Bertz CT molecular complexity index is 1240. The Labute approximate surface area is 204 Å². The van der Waals surface area contributed by atoms with E-state index in [0.29, 0.717) is 19.4 Å². The third kappa shape index (κ3) is 4.67. The van der Waals surface area contributed by atoms with Gasteiger partial charge in [-0.2, -0.15) is 0 Å². The van der Waals surface area contributed by atoms with Gasteiger partial charge in [0.15, 0.2) is 0 Å². The molecule has 1 aromatic heterocycles. The molecule has 2 saturated heterocycles. The molecule has 0 aliphatic carbocycles. The average molecular weight is 478 g/mol. The molecule has 3 aromatic rings. The number of hydrogen-bond acceptors (Lipinski definition) is 4. The number of rotatable bonds is 5. The van der Waals surface area contributed by atoms with E-state index in [4.69, 9.17) is 0 Å². The zero-order valence-electron chi connectivity index (χ0n) is 20.3. The second-order valence-corrected chi connectivity index (χ2v) is 10.0. The van der Waals surface area contributed by atoms with Gasteiger partial charge >= 0.3 is 0 Å². The lowest BCUT2D eigenvalue weighted by molar-refractivity contribution is -0.124. The summed E-state index contributed by atoms with van der Waals surface area (Å²) in [6.07, 6.45) is 3.87. The van der Waals surface area contributed by atoms with Gasteiger partial charge in [0, 0.05) is 25.6 Å². The number of aromatic nitrogens is 2. The molecule has 0 radical (unpaired) electrons. The van der Waals surface area contributed by atoms with Crippen LogP contribution in [0.2, 0.25) is 0 Å². The maximum atomic E-state index is 13.6. The number of likely N-dealkylation sites (tertiary alicyclic amines) is 1. The van der Waals surface area contributed by atoms with Crippen LogP contribution in [0, 0.1) is 5.82 Å². The van der Waals surface area contributed by atoms with E-state index in [1.165, 1.54) is 12.1 Å². The highest BCUT2D eigenvalue weighted by atomic mass is 19.1. The summed E-state index contributed by atoms with van der Waals surface area (Å²) >= 11 is 0. The van der Waals surface area contributed by atoms with Gasteiger partial charge in [0.2, 0.25) is 11.8 Å². The molecule has 2 amide bonds. The van der Waals surface area contributed by atoms with Gasteiger partial charge in [0.05, 0.1) is 29.7 Å². The number of aryl methyl sites for hydroxylation is 1. The molecular weight excluding hydrogens is 445 g/mol. The second-order valence-electron chi connectivity index (χ2n) is 10.0. The Morgan fingerprint density at radius 1 is 1.20 bits per heavy atom. The third-order valence-corrected chi connectivity index (χ3v) is 7.61. The number of imidazole rings is 1. The normalized spacial score (nSPS) is 25.1. The number of nitrogens with one attached hydrogen (secondary N) is 2. The summed E-state index contributed by atoms with van der Waals surface area (Å²) in [5.74, 6) is 0.466. The number of hydrogen-bond donors (Lipinski definition) is 2. The lowest BCUT2D eigenvalue weighted by Crippen LogP contribution is -2.56. The lowest BCUT2D eigenvalue weighted by atomic mass is 9.85. The SMILES string of the molecule is Cn1c(CNC(=O)CN2[C@H]3CCCCC(=O)N[C@@]3(C)C[C@H]2c2ccc(F)cc2)nc2ccccc21. The highest BCUT2D eigenvalue weighted by Crippen LogP contribution is 2.44. The van der Waals surface area contributed by atoms with Crippen LogP contribution in [0.5, 0.6) is 0 Å². The Morgan fingerprint density at radius 3 is 2.74 bits per heavy atom. The Morgan fingerprint density at radius 2 is 1.97 bits per heavy atom. The highest BCUT2D eigenvalue weighted by molar-refractivity contribution is 5.79. The van der Waals surface area contributed by atoms with E-state index in [9.17, 15) is 14.0 Å². The first kappa shape index (κ1) is 23.5. The molecule has 184 valence electrons. The van der Waals surface area contributed by atoms with Crippen molar-refractivity contribution in [3.63, 3.8) is 0 Å². The summed E-state index contributed by atoms with van der Waals surface area (Å²) in [5, 5.41) is 6.29. The summed E-state index contributed by atoms with van der Waals surface area (Å²) in [4.78, 5) is 32.5. The number of carbonyl (C=O) groups is 2. The molecule has 0 unspecified atom stereocenters. The average Bonchev–Trinajstić information content (AvgIpc) is 3.28. The Balaban J connectivity index is 1.37. The minimum atomic E-state index is -0.450. The number of halogens is 1. The first-order valence-corrected chi connectivity index (χ1v) is 12.3. The fourth-order valence-electron chi connectivity index (χ4n) is 5.83. The van der Waals surface area contributed by atoms with Crippen molar-refractivity contribution in [1.29, 1.82) is 0 Å². The molecule has 0 saturated carbocycles. The van der Waals surface area contributed by atoms with Gasteiger partial charge in [-0.25, -0.2) is 9.37 Å². The van der Waals surface area contributed by atoms with Gasteiger partial charge in [-0.05, 0) is 56.0 Å². The van der Waals surface area contributed by atoms with Crippen LogP contribution in [0.15, 0.2) is 48.5 Å². The topological polar surface area (TPSA) is 79.3 Å². The van der Waals surface area contributed by atoms with Crippen molar-refractivity contribution in [2.45, 2.75) is 63.2 Å². The van der Waals surface area contributed by atoms with Crippen LogP contribution in [0.3, 0.4) is 0 Å². The van der Waals surface area contributed by atoms with E-state index >= 15 is 0 Å². The summed E-state index contributed by atoms with van der Waals surface area (Å²) in [7, 11) is 1.95. The number of benzene rings is 2. The molecular formula is C27H32FN5O2. The molecule has 2 fully saturated rings. The van der Waals surface area contributed by atoms with Crippen LogP contribution in [0.4, 0.5) is 4.39 Å². The molecule has 2 aliphatic rings. The van der Waals surface area contributed by atoms with Crippen LogP contribution in [0.1, 0.15) is 56.5 Å². The number of fused-ring (bicyclic) bond motifs is 2. The lowest BCUT2D eigenvalue weighted by Gasteiger charge is -2.38. The highest BCUT2D eigenvalue weighted by Gasteiger charge is 2.50. The minimum absolute atomic E-state index is 0.0169. The van der Waals surface area contributed by atoms with Gasteiger partial charge in [0.25, 0.3) is 0 Å². The summed E-state index contributed by atoms with van der Waals surface area (Å²) in [6, 6.07) is 14.3. The van der Waals surface area contributed by atoms with Crippen molar-refractivity contribution in [2.24, 2.45) is 7.05 Å². The molecule has 3 heterocycles. The van der Waals surface area contributed by atoms with E-state index in [1.54, 1.807) is 12.1 Å². The van der Waals surface area contributed by atoms with E-state index in [0.717, 1.165) is 41.7 Å². The minimum Gasteiger partial charge on any atom is -0.349 e. The molecule has 0 bridgehead atoms. The third-order valence-electron chi connectivity index (χ3n) is 7.61. The van der Waals surface area contributed by atoms with E-state index in [1.807, 2.05) is 35.9 Å². The molecule has 0 spiro atoms. The van der Waals surface area contributed by atoms with Crippen molar-refractivity contribution in [2.75, 3.05) is 6.54 Å². The first-order chi connectivity index (χ1) is 16.8. The van der Waals surface area contributed by atoms with Gasteiger partial charge in [0.1, 0.15) is 11.6 Å². The van der Waals surface area contributed by atoms with Crippen molar-refractivity contribution in [1.82, 2.24) is 25.1 Å². The van der Waals surface area contributed by atoms with Crippen LogP contribution >= 0.6 is 0 Å². The quantitative estimate of drug-likeness (QED) is 0.589. The zero-order chi connectivity index (χ0) is 24.6. The Hall–Kier alpha value is -3.26. The summed E-state index contributed by atoms with van der Waals surface area (Å²) in [5.41, 5.74) is 2.43. The number of para-hydroxylation sites is 2. The van der Waals surface area contributed by atoms with Crippen LogP contribution < -0.4 is 10.6 Å². The van der Waals surface area contributed by atoms with Crippen LogP contribution in [0.25, 0.3) is 11.0 Å². The van der Waals surface area contributed by atoms with E-state index in [-0.39, 0.29) is 36.3 Å². The molecule has 5 rings (SSSR count). The molecule has 2 aromatic carbocycles. The van der Waals surface area contributed by atoms with Crippen molar-refractivity contribution < 1.29 is 14.0 Å². The molecule has 2 N–H and O–H groups in total. The van der Waals surface area contributed by atoms with Gasteiger partial charge in [-0.15, -0.1) is 0 Å². The zero-order valence-corrected chi connectivity index (χ0v) is 20.3. The predicted molar refractivity (Wildman–Crippen MR) is 132 cm³/mol. The number of carbonyl (C=O) groups excluding carboxylic acids is 2. The molecule has 8 heteroatoms. The van der Waals surface area contributed by atoms with Crippen molar-refractivity contribution >= 4 is 22.8 Å². The van der Waals surface area contributed by atoms with Gasteiger partial charge in [-0.3, -0.25) is 14.5 Å². The smallest absolute Gasteiger partial charge is 0.234 e. The predicted octanol–water partition coefficient (Wildman–Crippen LogP) is 3.59. The molecule has 7 nitrogen and oxygen atoms in total. The maximum absolute atomic E-state index is 13.6. The molecule has 3 atom stereocenters. The first-order valence-electron chi connectivity index (χ1n) is 12.3. The largest absolute Gasteiger partial charge is 0.349 e. The van der Waals surface area contributed by atoms with Gasteiger partial charge < -0.3 is 15.2 Å². The Kier molecular flexibility index (Phi) is 6.32. The fourth-order valence-corrected chi connectivity index (χ4v) is 5.83. The van der Waals surface area contributed by atoms with Gasteiger partial charge in [-0.1, -0.05) is 30.7 Å². The van der Waals surface area contributed by atoms with Crippen LogP contribution in [-0.4, -0.2) is 44.4 Å². The van der Waals surface area contributed by atoms with Crippen molar-refractivity contribution in [3.05, 3.63) is 65.7 Å². The monoisotopic (exact) mass is 477 g/mol. The molecule has 35 heavy (non-hydrogen) atoms. The second kappa shape index (κ2) is 9.41. The number of nitrogens with zero attached hydrogens (tertiary/aromatic N) is 3. The maximum Gasteiger partial charge on any atom is 0.234 e. The van der Waals surface area contributed by atoms with Crippen molar-refractivity contribution in [3.8, 4) is 0 Å². The summed E-state index contributed by atoms with van der Waals surface area (Å²) < 4.78 is 15.6. The fraction of sp³-hybridized carbons (Fsp3) is 0.444. The van der Waals surface area contributed by atoms with E-state index in [2.05, 4.69) is 27.4 Å².